The monoisotopic (exact) mass is 253 g/mol. The van der Waals surface area contributed by atoms with Crippen LogP contribution in [0.15, 0.2) is 18.2 Å². The number of aryl methyl sites for hydroxylation is 1. The number of carbonyl (C=O) groups is 2. The Bertz CT molecular complexity index is 444. The molecule has 0 saturated carbocycles. The third kappa shape index (κ3) is 4.73. The van der Waals surface area contributed by atoms with E-state index in [9.17, 15) is 9.59 Å². The van der Waals surface area contributed by atoms with Gasteiger partial charge in [0.25, 0.3) is 0 Å². The summed E-state index contributed by atoms with van der Waals surface area (Å²) in [5.41, 5.74) is 7.05. The van der Waals surface area contributed by atoms with E-state index in [-0.39, 0.29) is 6.42 Å². The molecule has 0 aliphatic heterocycles. The normalized spacial score (nSPS) is 10.0. The molecule has 4 N–H and O–H groups in total. The first-order valence-corrected chi connectivity index (χ1v) is 5.44. The van der Waals surface area contributed by atoms with Crippen molar-refractivity contribution < 1.29 is 24.5 Å². The maximum absolute atomic E-state index is 10.4. The fourth-order valence-electron chi connectivity index (χ4n) is 1.46. The molecule has 6 heteroatoms. The highest BCUT2D eigenvalue weighted by Gasteiger charge is 2.05. The molecule has 1 aromatic rings. The number of ether oxygens (including phenoxy) is 1. The average molecular weight is 253 g/mol. The highest BCUT2D eigenvalue weighted by atomic mass is 16.5. The number of carboxylic acid groups (broad SMARTS) is 2. The molecule has 0 amide bonds. The number of benzene rings is 1. The molecular formula is C12H15NO5. The number of nitrogens with two attached hydrogens (primary N) is 1. The zero-order valence-corrected chi connectivity index (χ0v) is 9.76. The Labute approximate surface area is 104 Å². The van der Waals surface area contributed by atoms with Gasteiger partial charge in [-0.1, -0.05) is 0 Å². The molecule has 0 aliphatic carbocycles. The van der Waals surface area contributed by atoms with Gasteiger partial charge >= 0.3 is 11.9 Å². The van der Waals surface area contributed by atoms with Gasteiger partial charge in [-0.25, -0.2) is 4.79 Å². The topological polar surface area (TPSA) is 110 Å². The second kappa shape index (κ2) is 6.48. The number of carboxylic acids is 2. The predicted molar refractivity (Wildman–Crippen MR) is 64.6 cm³/mol. The lowest BCUT2D eigenvalue weighted by Crippen LogP contribution is -2.09. The first-order valence-electron chi connectivity index (χ1n) is 5.44. The van der Waals surface area contributed by atoms with Crippen molar-refractivity contribution in [1.29, 1.82) is 0 Å². The number of hydrogen-bond acceptors (Lipinski definition) is 4. The Balaban J connectivity index is 2.62. The molecule has 98 valence electrons. The summed E-state index contributed by atoms with van der Waals surface area (Å²) >= 11 is 0. The van der Waals surface area contributed by atoms with Crippen LogP contribution in [-0.4, -0.2) is 28.8 Å². The van der Waals surface area contributed by atoms with Crippen molar-refractivity contribution in [1.82, 2.24) is 0 Å². The Morgan fingerprint density at radius 2 is 1.94 bits per heavy atom. The van der Waals surface area contributed by atoms with Crippen molar-refractivity contribution >= 4 is 17.6 Å². The highest BCUT2D eigenvalue weighted by Crippen LogP contribution is 2.21. The van der Waals surface area contributed by atoms with E-state index in [1.165, 1.54) is 0 Å². The summed E-state index contributed by atoms with van der Waals surface area (Å²) in [6.07, 6.45) is 1.06. The van der Waals surface area contributed by atoms with Gasteiger partial charge in [0.1, 0.15) is 5.75 Å². The molecule has 0 spiro atoms. The zero-order chi connectivity index (χ0) is 13.5. The summed E-state index contributed by atoms with van der Waals surface area (Å²) in [5, 5.41) is 17.0. The van der Waals surface area contributed by atoms with Gasteiger partial charge in [-0.3, -0.25) is 4.79 Å². The molecule has 0 aliphatic rings. The van der Waals surface area contributed by atoms with Gasteiger partial charge in [-0.2, -0.15) is 0 Å². The second-order valence-electron chi connectivity index (χ2n) is 3.79. The molecule has 0 unspecified atom stereocenters. The molecule has 0 atom stereocenters. The molecule has 0 aromatic heterocycles. The number of anilines is 1. The number of hydrogen-bond donors (Lipinski definition) is 3. The second-order valence-corrected chi connectivity index (χ2v) is 3.79. The first-order chi connectivity index (χ1) is 8.49. The van der Waals surface area contributed by atoms with Crippen LogP contribution in [0.5, 0.6) is 5.75 Å². The molecule has 0 radical (unpaired) electrons. The zero-order valence-electron chi connectivity index (χ0n) is 9.76. The molecule has 0 heterocycles. The summed E-state index contributed by atoms with van der Waals surface area (Å²) in [4.78, 5) is 20.8. The van der Waals surface area contributed by atoms with Crippen LogP contribution in [-0.2, 0) is 16.0 Å². The molecule has 1 aromatic carbocycles. The Morgan fingerprint density at radius 3 is 2.56 bits per heavy atom. The third-order valence-corrected chi connectivity index (χ3v) is 2.31. The molecular weight excluding hydrogens is 238 g/mol. The summed E-state index contributed by atoms with van der Waals surface area (Å²) < 4.78 is 5.02. The lowest BCUT2D eigenvalue weighted by molar-refractivity contribution is -0.139. The molecule has 0 bridgehead atoms. The SMILES string of the molecule is Nc1ccc(OCC(=O)O)cc1CCCC(=O)O. The van der Waals surface area contributed by atoms with Gasteiger partial charge < -0.3 is 20.7 Å². The minimum absolute atomic E-state index is 0.0691. The average Bonchev–Trinajstić information content (AvgIpc) is 2.29. The fraction of sp³-hybridized carbons (Fsp3) is 0.333. The van der Waals surface area contributed by atoms with Crippen LogP contribution in [0, 0.1) is 0 Å². The van der Waals surface area contributed by atoms with Crippen LogP contribution in [0.25, 0.3) is 0 Å². The van der Waals surface area contributed by atoms with Crippen LogP contribution >= 0.6 is 0 Å². The van der Waals surface area contributed by atoms with Crippen LogP contribution in [0.1, 0.15) is 18.4 Å². The fourth-order valence-corrected chi connectivity index (χ4v) is 1.46. The van der Waals surface area contributed by atoms with Gasteiger partial charge in [-0.15, -0.1) is 0 Å². The van der Waals surface area contributed by atoms with Crippen molar-refractivity contribution in [2.45, 2.75) is 19.3 Å². The van der Waals surface area contributed by atoms with Gasteiger partial charge in [0, 0.05) is 12.1 Å². The van der Waals surface area contributed by atoms with Crippen molar-refractivity contribution in [2.75, 3.05) is 12.3 Å². The van der Waals surface area contributed by atoms with E-state index in [1.54, 1.807) is 18.2 Å². The molecule has 1 rings (SSSR count). The molecule has 18 heavy (non-hydrogen) atoms. The van der Waals surface area contributed by atoms with E-state index in [2.05, 4.69) is 0 Å². The van der Waals surface area contributed by atoms with Crippen molar-refractivity contribution in [2.24, 2.45) is 0 Å². The van der Waals surface area contributed by atoms with E-state index in [4.69, 9.17) is 20.7 Å². The van der Waals surface area contributed by atoms with Crippen LogP contribution < -0.4 is 10.5 Å². The maximum atomic E-state index is 10.4. The predicted octanol–water partition coefficient (Wildman–Crippen LogP) is 1.14. The van der Waals surface area contributed by atoms with E-state index in [0.29, 0.717) is 24.3 Å². The molecule has 6 nitrogen and oxygen atoms in total. The number of nitrogen functional groups attached to an aromatic ring is 1. The first kappa shape index (κ1) is 13.8. The van der Waals surface area contributed by atoms with Crippen molar-refractivity contribution in [3.63, 3.8) is 0 Å². The Kier molecular flexibility index (Phi) is 4.98. The van der Waals surface area contributed by atoms with Gasteiger partial charge in [0.15, 0.2) is 6.61 Å². The minimum Gasteiger partial charge on any atom is -0.482 e. The maximum Gasteiger partial charge on any atom is 0.341 e. The smallest absolute Gasteiger partial charge is 0.341 e. The summed E-state index contributed by atoms with van der Waals surface area (Å²) in [7, 11) is 0. The summed E-state index contributed by atoms with van der Waals surface area (Å²) in [6, 6.07) is 4.84. The largest absolute Gasteiger partial charge is 0.482 e. The van der Waals surface area contributed by atoms with E-state index < -0.39 is 18.5 Å². The van der Waals surface area contributed by atoms with Crippen molar-refractivity contribution in [3.8, 4) is 5.75 Å². The summed E-state index contributed by atoms with van der Waals surface area (Å²) in [6.45, 7) is -0.418. The summed E-state index contributed by atoms with van der Waals surface area (Å²) in [5.74, 6) is -1.50. The van der Waals surface area contributed by atoms with Gasteiger partial charge in [0.05, 0.1) is 0 Å². The lowest BCUT2D eigenvalue weighted by atomic mass is 10.1. The number of rotatable bonds is 7. The number of aliphatic carboxylic acids is 2. The quantitative estimate of drug-likeness (QED) is 0.628. The Morgan fingerprint density at radius 1 is 1.22 bits per heavy atom. The Hall–Kier alpha value is -2.24. The van der Waals surface area contributed by atoms with Gasteiger partial charge in [0.2, 0.25) is 0 Å². The van der Waals surface area contributed by atoms with Crippen LogP contribution in [0.3, 0.4) is 0 Å². The van der Waals surface area contributed by atoms with Gasteiger partial charge in [-0.05, 0) is 36.6 Å². The van der Waals surface area contributed by atoms with Crippen molar-refractivity contribution in [3.05, 3.63) is 23.8 Å². The minimum atomic E-state index is -1.06. The van der Waals surface area contributed by atoms with Crippen LogP contribution in [0.4, 0.5) is 5.69 Å². The standard InChI is InChI=1S/C12H15NO5/c13-10-5-4-9(18-7-12(16)17)6-8(10)2-1-3-11(14)15/h4-6H,1-3,7,13H2,(H,14,15)(H,16,17). The highest BCUT2D eigenvalue weighted by molar-refractivity contribution is 5.68. The van der Waals surface area contributed by atoms with E-state index >= 15 is 0 Å². The van der Waals surface area contributed by atoms with Crippen LogP contribution in [0.2, 0.25) is 0 Å². The van der Waals surface area contributed by atoms with E-state index in [0.717, 1.165) is 5.56 Å². The third-order valence-electron chi connectivity index (χ3n) is 2.31. The van der Waals surface area contributed by atoms with E-state index in [1.807, 2.05) is 0 Å². The molecule has 0 saturated heterocycles. The molecule has 0 fully saturated rings. The lowest BCUT2D eigenvalue weighted by Gasteiger charge is -2.08.